The van der Waals surface area contributed by atoms with Crippen LogP contribution in [-0.2, 0) is 13.2 Å². The Hall–Kier alpha value is -1.91. The molecule has 0 aliphatic carbocycles. The van der Waals surface area contributed by atoms with Gasteiger partial charge in [0.2, 0.25) is 0 Å². The van der Waals surface area contributed by atoms with E-state index in [1.165, 1.54) is 12.0 Å². The van der Waals surface area contributed by atoms with E-state index in [-0.39, 0.29) is 0 Å². The van der Waals surface area contributed by atoms with Crippen molar-refractivity contribution in [1.29, 1.82) is 0 Å². The fraction of sp³-hybridized carbons (Fsp3) is 0.450. The van der Waals surface area contributed by atoms with E-state index < -0.39 is 0 Å². The molecule has 1 unspecified atom stereocenters. The summed E-state index contributed by atoms with van der Waals surface area (Å²) in [4.78, 5) is 6.51. The van der Waals surface area contributed by atoms with Crippen LogP contribution in [0.4, 0.5) is 0 Å². The molecule has 4 nitrogen and oxygen atoms in total. The lowest BCUT2D eigenvalue weighted by atomic mass is 10.2. The maximum absolute atomic E-state index is 5.97. The number of hydrogen-bond acceptors (Lipinski definition) is 4. The molecule has 4 heteroatoms. The predicted molar refractivity (Wildman–Crippen MR) is 99.1 cm³/mol. The monoisotopic (exact) mass is 327 g/mol. The molecule has 1 atom stereocenters. The highest BCUT2D eigenvalue weighted by molar-refractivity contribution is 5.33. The highest BCUT2D eigenvalue weighted by Crippen LogP contribution is 2.19. The summed E-state index contributed by atoms with van der Waals surface area (Å²) in [6.45, 7) is 7.87. The highest BCUT2D eigenvalue weighted by atomic mass is 16.5. The maximum atomic E-state index is 5.97. The van der Waals surface area contributed by atoms with E-state index in [9.17, 15) is 0 Å². The number of likely N-dealkylation sites (N-methyl/N-ethyl adjacent to an activating group) is 1. The molecule has 0 saturated heterocycles. The molecular formula is C20H29N3O. The van der Waals surface area contributed by atoms with E-state index in [0.29, 0.717) is 12.6 Å². The van der Waals surface area contributed by atoms with Crippen molar-refractivity contribution < 1.29 is 4.74 Å². The summed E-state index contributed by atoms with van der Waals surface area (Å²) in [6.07, 6.45) is 4.80. The van der Waals surface area contributed by atoms with Crippen LogP contribution in [-0.4, -0.2) is 36.1 Å². The molecule has 1 aromatic heterocycles. The van der Waals surface area contributed by atoms with E-state index >= 15 is 0 Å². The normalized spacial score (nSPS) is 12.3. The summed E-state index contributed by atoms with van der Waals surface area (Å²) < 4.78 is 5.97. The van der Waals surface area contributed by atoms with Gasteiger partial charge in [-0.3, -0.25) is 4.98 Å². The van der Waals surface area contributed by atoms with Crippen LogP contribution in [0.3, 0.4) is 0 Å². The third-order valence-electron chi connectivity index (χ3n) is 4.39. The van der Waals surface area contributed by atoms with Gasteiger partial charge < -0.3 is 15.0 Å². The van der Waals surface area contributed by atoms with Gasteiger partial charge in [0.1, 0.15) is 12.4 Å². The molecule has 1 heterocycles. The number of benzene rings is 1. The van der Waals surface area contributed by atoms with Gasteiger partial charge in [-0.2, -0.15) is 0 Å². The first-order valence-electron chi connectivity index (χ1n) is 8.71. The van der Waals surface area contributed by atoms with Crippen molar-refractivity contribution >= 4 is 0 Å². The van der Waals surface area contributed by atoms with Gasteiger partial charge in [-0.15, -0.1) is 0 Å². The van der Waals surface area contributed by atoms with Gasteiger partial charge in [0.05, 0.1) is 0 Å². The Morgan fingerprint density at radius 3 is 2.79 bits per heavy atom. The minimum atomic E-state index is 0.543. The number of hydrogen-bond donors (Lipinski definition) is 1. The van der Waals surface area contributed by atoms with Crippen LogP contribution in [0.5, 0.6) is 5.75 Å². The number of aromatic nitrogens is 1. The van der Waals surface area contributed by atoms with E-state index in [2.05, 4.69) is 48.2 Å². The van der Waals surface area contributed by atoms with Gasteiger partial charge in [-0.05, 0) is 32.5 Å². The summed E-state index contributed by atoms with van der Waals surface area (Å²) in [5, 5.41) is 3.52. The molecule has 0 aliphatic heterocycles. The van der Waals surface area contributed by atoms with Crippen molar-refractivity contribution in [2.45, 2.75) is 39.5 Å². The third-order valence-corrected chi connectivity index (χ3v) is 4.39. The minimum absolute atomic E-state index is 0.543. The van der Waals surface area contributed by atoms with E-state index in [0.717, 1.165) is 30.9 Å². The average molecular weight is 327 g/mol. The molecule has 1 aromatic carbocycles. The van der Waals surface area contributed by atoms with Crippen LogP contribution in [0, 0.1) is 0 Å². The van der Waals surface area contributed by atoms with Crippen molar-refractivity contribution in [3.8, 4) is 5.75 Å². The molecule has 1 N–H and O–H groups in total. The Morgan fingerprint density at radius 2 is 2.04 bits per heavy atom. The van der Waals surface area contributed by atoms with E-state index in [4.69, 9.17) is 4.74 Å². The van der Waals surface area contributed by atoms with Crippen molar-refractivity contribution in [2.24, 2.45) is 0 Å². The van der Waals surface area contributed by atoms with Gasteiger partial charge in [-0.1, -0.05) is 31.2 Å². The third kappa shape index (κ3) is 5.95. The van der Waals surface area contributed by atoms with Crippen LogP contribution in [0.15, 0.2) is 48.8 Å². The lowest BCUT2D eigenvalue weighted by Gasteiger charge is -2.23. The zero-order chi connectivity index (χ0) is 17.2. The predicted octanol–water partition coefficient (Wildman–Crippen LogP) is 3.48. The van der Waals surface area contributed by atoms with Gasteiger partial charge in [0, 0.05) is 49.2 Å². The molecule has 0 spiro atoms. The molecule has 24 heavy (non-hydrogen) atoms. The largest absolute Gasteiger partial charge is 0.489 e. The zero-order valence-corrected chi connectivity index (χ0v) is 15.0. The van der Waals surface area contributed by atoms with Gasteiger partial charge in [-0.25, -0.2) is 0 Å². The molecule has 0 fully saturated rings. The van der Waals surface area contributed by atoms with Gasteiger partial charge in [0.25, 0.3) is 0 Å². The van der Waals surface area contributed by atoms with Crippen molar-refractivity contribution in [1.82, 2.24) is 15.2 Å². The van der Waals surface area contributed by atoms with Gasteiger partial charge >= 0.3 is 0 Å². The number of ether oxygens (including phenoxy) is 1. The second-order valence-corrected chi connectivity index (χ2v) is 6.17. The minimum Gasteiger partial charge on any atom is -0.489 e. The van der Waals surface area contributed by atoms with E-state index in [1.807, 2.05) is 30.5 Å². The summed E-state index contributed by atoms with van der Waals surface area (Å²) in [7, 11) is 2.18. The lowest BCUT2D eigenvalue weighted by molar-refractivity contribution is 0.251. The first-order valence-corrected chi connectivity index (χ1v) is 8.71. The summed E-state index contributed by atoms with van der Waals surface area (Å²) >= 11 is 0. The van der Waals surface area contributed by atoms with Crippen LogP contribution in [0.1, 0.15) is 31.4 Å². The number of para-hydroxylation sites is 1. The summed E-state index contributed by atoms with van der Waals surface area (Å²) in [5.41, 5.74) is 2.27. The Morgan fingerprint density at radius 1 is 1.21 bits per heavy atom. The molecule has 2 aromatic rings. The molecule has 0 bridgehead atoms. The average Bonchev–Trinajstić information content (AvgIpc) is 2.64. The second-order valence-electron chi connectivity index (χ2n) is 6.17. The summed E-state index contributed by atoms with van der Waals surface area (Å²) in [5.74, 6) is 0.934. The zero-order valence-electron chi connectivity index (χ0n) is 15.0. The quantitative estimate of drug-likeness (QED) is 0.678. The molecular weight excluding hydrogens is 298 g/mol. The van der Waals surface area contributed by atoms with Crippen LogP contribution in [0.25, 0.3) is 0 Å². The van der Waals surface area contributed by atoms with Crippen molar-refractivity contribution in [3.05, 3.63) is 59.9 Å². The Balaban J connectivity index is 1.81. The molecule has 0 saturated carbocycles. The van der Waals surface area contributed by atoms with Crippen LogP contribution >= 0.6 is 0 Å². The first kappa shape index (κ1) is 18.4. The number of rotatable bonds is 10. The Kier molecular flexibility index (Phi) is 7.72. The number of nitrogens with zero attached hydrogens (tertiary/aromatic N) is 2. The fourth-order valence-corrected chi connectivity index (χ4v) is 2.45. The van der Waals surface area contributed by atoms with Gasteiger partial charge in [0.15, 0.2) is 0 Å². The molecule has 0 radical (unpaired) electrons. The molecule has 130 valence electrons. The lowest BCUT2D eigenvalue weighted by Crippen LogP contribution is -2.34. The molecule has 0 amide bonds. The van der Waals surface area contributed by atoms with Crippen molar-refractivity contribution in [2.75, 3.05) is 20.1 Å². The van der Waals surface area contributed by atoms with Crippen LogP contribution in [0.2, 0.25) is 0 Å². The topological polar surface area (TPSA) is 37.4 Å². The Labute approximate surface area is 145 Å². The number of nitrogens with one attached hydrogen (secondary N) is 1. The smallest absolute Gasteiger partial charge is 0.124 e. The highest BCUT2D eigenvalue weighted by Gasteiger charge is 2.07. The SMILES string of the molecule is CCC(C)N(C)CCNCc1ccccc1OCc1cccnc1. The Bertz CT molecular complexity index is 588. The second kappa shape index (κ2) is 10.1. The molecule has 2 rings (SSSR count). The first-order chi connectivity index (χ1) is 11.7. The standard InChI is InChI=1S/C20H29N3O/c1-4-17(2)23(3)13-12-22-15-19-9-5-6-10-20(19)24-16-18-8-7-11-21-14-18/h5-11,14,17,22H,4,12-13,15-16H2,1-3H3. The maximum Gasteiger partial charge on any atom is 0.124 e. The van der Waals surface area contributed by atoms with E-state index in [1.54, 1.807) is 6.20 Å². The summed E-state index contributed by atoms with van der Waals surface area (Å²) in [6, 6.07) is 12.8. The molecule has 0 aliphatic rings. The fourth-order valence-electron chi connectivity index (χ4n) is 2.45. The number of pyridine rings is 1. The van der Waals surface area contributed by atoms with Crippen LogP contribution < -0.4 is 10.1 Å². The van der Waals surface area contributed by atoms with Crippen molar-refractivity contribution in [3.63, 3.8) is 0 Å².